The predicted octanol–water partition coefficient (Wildman–Crippen LogP) is 6.98. The van der Waals surface area contributed by atoms with Gasteiger partial charge in [-0.2, -0.15) is 0 Å². The van der Waals surface area contributed by atoms with Gasteiger partial charge in [-0.1, -0.05) is 47.5 Å². The summed E-state index contributed by atoms with van der Waals surface area (Å²) in [6.45, 7) is 4.62. The number of nitrogens with zero attached hydrogens (tertiary/aromatic N) is 1. The lowest BCUT2D eigenvalue weighted by Gasteiger charge is -2.12. The molecule has 7 heteroatoms. The third kappa shape index (κ3) is 5.93. The Morgan fingerprint density at radius 3 is 2.19 bits per heavy atom. The number of hydrogen-bond acceptors (Lipinski definition) is 4. The second-order valence-electron chi connectivity index (χ2n) is 7.41. The standard InChI is InChI=1S/C25H20I2N2O2S/c1-15-3-7-17(8-4-15)14-31-23-20(26)11-18(12-21(23)27)13-22-24(30)29-25(32-22)28-19-9-5-16(2)6-10-19/h3-13H,14H2,1-2H3,(H,28,29,30)/b22-13-. The highest BCUT2D eigenvalue weighted by Crippen LogP contribution is 2.33. The van der Waals surface area contributed by atoms with Crippen molar-refractivity contribution in [3.8, 4) is 5.75 Å². The highest BCUT2D eigenvalue weighted by atomic mass is 127. The van der Waals surface area contributed by atoms with Crippen LogP contribution in [0.2, 0.25) is 0 Å². The van der Waals surface area contributed by atoms with E-state index in [-0.39, 0.29) is 5.91 Å². The van der Waals surface area contributed by atoms with Crippen LogP contribution in [-0.2, 0) is 11.4 Å². The molecule has 0 atom stereocenters. The maximum absolute atomic E-state index is 12.4. The normalized spacial score (nSPS) is 15.9. The molecule has 1 N–H and O–H groups in total. The third-order valence-corrected chi connectivity index (χ3v) is 7.25. The lowest BCUT2D eigenvalue weighted by atomic mass is 10.1. The first-order valence-electron chi connectivity index (χ1n) is 9.91. The van der Waals surface area contributed by atoms with Crippen molar-refractivity contribution in [1.82, 2.24) is 5.32 Å². The van der Waals surface area contributed by atoms with Crippen molar-refractivity contribution >= 4 is 79.8 Å². The molecule has 1 aliphatic heterocycles. The Labute approximate surface area is 219 Å². The fourth-order valence-corrected chi connectivity index (χ4v) is 5.98. The van der Waals surface area contributed by atoms with E-state index in [0.29, 0.717) is 16.7 Å². The number of halogens is 2. The molecule has 0 bridgehead atoms. The minimum Gasteiger partial charge on any atom is -0.487 e. The maximum Gasteiger partial charge on any atom is 0.264 e. The average molecular weight is 666 g/mol. The van der Waals surface area contributed by atoms with E-state index >= 15 is 0 Å². The number of rotatable bonds is 5. The highest BCUT2D eigenvalue weighted by Gasteiger charge is 2.24. The van der Waals surface area contributed by atoms with Gasteiger partial charge in [-0.15, -0.1) is 0 Å². The number of nitrogens with one attached hydrogen (secondary N) is 1. The van der Waals surface area contributed by atoms with Crippen LogP contribution in [0.15, 0.2) is 70.6 Å². The number of hydrogen-bond donors (Lipinski definition) is 1. The zero-order chi connectivity index (χ0) is 22.7. The molecule has 0 radical (unpaired) electrons. The van der Waals surface area contributed by atoms with Crippen LogP contribution < -0.4 is 10.1 Å². The number of carbonyl (C=O) groups excluding carboxylic acids is 1. The number of carbonyl (C=O) groups is 1. The number of thioether (sulfide) groups is 1. The maximum atomic E-state index is 12.4. The molecule has 1 heterocycles. The summed E-state index contributed by atoms with van der Waals surface area (Å²) in [6, 6.07) is 20.3. The van der Waals surface area contributed by atoms with Crippen molar-refractivity contribution in [2.45, 2.75) is 20.5 Å². The smallest absolute Gasteiger partial charge is 0.264 e. The summed E-state index contributed by atoms with van der Waals surface area (Å²) < 4.78 is 8.10. The summed E-state index contributed by atoms with van der Waals surface area (Å²) in [5.74, 6) is 0.727. The molecule has 1 saturated heterocycles. The second kappa shape index (κ2) is 10.4. The first-order valence-corrected chi connectivity index (χ1v) is 12.9. The molecule has 4 nitrogen and oxygen atoms in total. The largest absolute Gasteiger partial charge is 0.487 e. The van der Waals surface area contributed by atoms with Crippen molar-refractivity contribution in [3.63, 3.8) is 0 Å². The first kappa shape index (κ1) is 23.3. The molecular formula is C25H20I2N2O2S. The third-order valence-electron chi connectivity index (χ3n) is 4.74. The Morgan fingerprint density at radius 2 is 1.56 bits per heavy atom. The van der Waals surface area contributed by atoms with Crippen LogP contribution in [0, 0.1) is 21.0 Å². The molecule has 0 aliphatic carbocycles. The van der Waals surface area contributed by atoms with Gasteiger partial charge in [-0.25, -0.2) is 4.99 Å². The van der Waals surface area contributed by atoms with Gasteiger partial charge in [0.05, 0.1) is 17.7 Å². The van der Waals surface area contributed by atoms with Gasteiger partial charge in [0.15, 0.2) is 5.17 Å². The van der Waals surface area contributed by atoms with Crippen LogP contribution in [0.25, 0.3) is 6.08 Å². The van der Waals surface area contributed by atoms with Crippen LogP contribution in [-0.4, -0.2) is 11.1 Å². The number of aliphatic imine (C=N–C) groups is 1. The molecule has 1 fully saturated rings. The molecule has 32 heavy (non-hydrogen) atoms. The molecule has 3 aromatic rings. The highest BCUT2D eigenvalue weighted by molar-refractivity contribution is 14.1. The summed E-state index contributed by atoms with van der Waals surface area (Å²) >= 11 is 5.92. The molecule has 1 aliphatic rings. The molecule has 4 rings (SSSR count). The van der Waals surface area contributed by atoms with Crippen LogP contribution in [0.4, 0.5) is 5.69 Å². The Hall–Kier alpha value is -1.85. The minimum absolute atomic E-state index is 0.134. The molecule has 162 valence electrons. The SMILES string of the molecule is Cc1ccc(COc2c(I)cc(/C=C3\SC(=Nc4ccc(C)cc4)NC3=O)cc2I)cc1. The van der Waals surface area contributed by atoms with Crippen LogP contribution in [0.5, 0.6) is 5.75 Å². The first-order chi connectivity index (χ1) is 15.4. The molecule has 0 saturated carbocycles. The minimum atomic E-state index is -0.134. The Balaban J connectivity index is 1.49. The lowest BCUT2D eigenvalue weighted by Crippen LogP contribution is -2.19. The van der Waals surface area contributed by atoms with Gasteiger partial charge in [-0.3, -0.25) is 4.79 Å². The summed E-state index contributed by atoms with van der Waals surface area (Å²) in [7, 11) is 0. The van der Waals surface area contributed by atoms with Gasteiger partial charge in [0.1, 0.15) is 12.4 Å². The van der Waals surface area contributed by atoms with Crippen LogP contribution in [0.3, 0.4) is 0 Å². The van der Waals surface area contributed by atoms with Gasteiger partial charge in [-0.05, 0) is 112 Å². The van der Waals surface area contributed by atoms with E-state index in [4.69, 9.17) is 4.74 Å². The van der Waals surface area contributed by atoms with E-state index in [2.05, 4.69) is 86.7 Å². The van der Waals surface area contributed by atoms with Gasteiger partial charge in [0, 0.05) is 0 Å². The van der Waals surface area contributed by atoms with Gasteiger partial charge < -0.3 is 10.1 Å². The molecule has 3 aromatic carbocycles. The van der Waals surface area contributed by atoms with Gasteiger partial charge in [0.2, 0.25) is 0 Å². The monoisotopic (exact) mass is 666 g/mol. The van der Waals surface area contributed by atoms with E-state index in [1.165, 1.54) is 22.9 Å². The second-order valence-corrected chi connectivity index (χ2v) is 10.8. The molecule has 1 amide bonds. The number of benzene rings is 3. The molecular weight excluding hydrogens is 646 g/mol. The topological polar surface area (TPSA) is 50.7 Å². The van der Waals surface area contributed by atoms with E-state index < -0.39 is 0 Å². The zero-order valence-electron chi connectivity index (χ0n) is 17.5. The van der Waals surface area contributed by atoms with Gasteiger partial charge >= 0.3 is 0 Å². The van der Waals surface area contributed by atoms with Crippen LogP contribution in [0.1, 0.15) is 22.3 Å². The predicted molar refractivity (Wildman–Crippen MR) is 149 cm³/mol. The summed E-state index contributed by atoms with van der Waals surface area (Å²) in [5.41, 5.74) is 5.31. The fraction of sp³-hybridized carbons (Fsp3) is 0.120. The number of amidine groups is 1. The fourth-order valence-electron chi connectivity index (χ4n) is 3.01. The van der Waals surface area contributed by atoms with Crippen molar-refractivity contribution in [2.24, 2.45) is 4.99 Å². The quantitative estimate of drug-likeness (QED) is 0.236. The molecule has 0 spiro atoms. The van der Waals surface area contributed by atoms with E-state index in [1.54, 1.807) is 0 Å². The van der Waals surface area contributed by atoms with Crippen LogP contribution >= 0.6 is 56.9 Å². The Kier molecular flexibility index (Phi) is 7.57. The van der Waals surface area contributed by atoms with Crippen molar-refractivity contribution in [1.29, 1.82) is 0 Å². The van der Waals surface area contributed by atoms with Crippen molar-refractivity contribution in [2.75, 3.05) is 0 Å². The van der Waals surface area contributed by atoms with E-state index in [9.17, 15) is 4.79 Å². The molecule has 0 unspecified atom stereocenters. The Morgan fingerprint density at radius 1 is 0.969 bits per heavy atom. The summed E-state index contributed by atoms with van der Waals surface area (Å²) in [6.07, 6.45) is 1.89. The zero-order valence-corrected chi connectivity index (χ0v) is 22.6. The van der Waals surface area contributed by atoms with Crippen molar-refractivity contribution < 1.29 is 9.53 Å². The number of aryl methyl sites for hydroxylation is 2. The number of ether oxygens (including phenoxy) is 1. The van der Waals surface area contributed by atoms with Crippen molar-refractivity contribution in [3.05, 3.63) is 95.0 Å². The molecule has 0 aromatic heterocycles. The number of amides is 1. The summed E-state index contributed by atoms with van der Waals surface area (Å²) in [4.78, 5) is 17.6. The average Bonchev–Trinajstić information content (AvgIpc) is 3.09. The Bertz CT molecular complexity index is 1200. The lowest BCUT2D eigenvalue weighted by molar-refractivity contribution is -0.115. The summed E-state index contributed by atoms with van der Waals surface area (Å²) in [5, 5.41) is 3.44. The van der Waals surface area contributed by atoms with Gasteiger partial charge in [0.25, 0.3) is 5.91 Å². The van der Waals surface area contributed by atoms with E-state index in [1.807, 2.05) is 49.4 Å². The van der Waals surface area contributed by atoms with E-state index in [0.717, 1.165) is 29.7 Å².